The van der Waals surface area contributed by atoms with Crippen LogP contribution in [0.5, 0.6) is 0 Å². The molecule has 1 N–H and O–H groups in total. The fraction of sp³-hybridized carbons (Fsp3) is 0.125. The molecule has 0 aromatic heterocycles. The molecule has 0 atom stereocenters. The molecule has 0 aliphatic rings. The van der Waals surface area contributed by atoms with E-state index in [-0.39, 0.29) is 11.6 Å². The summed E-state index contributed by atoms with van der Waals surface area (Å²) in [6, 6.07) is 14.6. The number of ketones is 2. The molecule has 3 nitrogen and oxygen atoms in total. The van der Waals surface area contributed by atoms with E-state index in [1.54, 1.807) is 38.1 Å². The van der Waals surface area contributed by atoms with Crippen LogP contribution in [0.3, 0.4) is 0 Å². The van der Waals surface area contributed by atoms with E-state index in [4.69, 9.17) is 0 Å². The fourth-order valence-corrected chi connectivity index (χ4v) is 1.74. The standard InChI is InChI=1S/C16H15NO2/c1-11(18)13-3-7-15(8-4-13)17-16-9-5-14(6-10-16)12(2)19/h3-10,17H,1-2H3. The molecule has 2 rings (SSSR count). The van der Waals surface area contributed by atoms with Gasteiger partial charge in [0.1, 0.15) is 0 Å². The summed E-state index contributed by atoms with van der Waals surface area (Å²) in [5, 5.41) is 3.21. The van der Waals surface area contributed by atoms with Gasteiger partial charge in [-0.1, -0.05) is 0 Å². The Hall–Kier alpha value is -2.42. The molecular weight excluding hydrogens is 238 g/mol. The summed E-state index contributed by atoms with van der Waals surface area (Å²) in [4.78, 5) is 22.3. The molecule has 0 saturated heterocycles. The zero-order valence-electron chi connectivity index (χ0n) is 10.9. The van der Waals surface area contributed by atoms with Crippen LogP contribution in [-0.2, 0) is 0 Å². The van der Waals surface area contributed by atoms with E-state index in [0.717, 1.165) is 11.4 Å². The van der Waals surface area contributed by atoms with Crippen LogP contribution in [0, 0.1) is 0 Å². The van der Waals surface area contributed by atoms with E-state index in [9.17, 15) is 9.59 Å². The fourth-order valence-electron chi connectivity index (χ4n) is 1.74. The van der Waals surface area contributed by atoms with Gasteiger partial charge in [0.25, 0.3) is 0 Å². The zero-order chi connectivity index (χ0) is 13.8. The maximum absolute atomic E-state index is 11.2. The smallest absolute Gasteiger partial charge is 0.159 e. The minimum atomic E-state index is 0.0531. The first-order valence-electron chi connectivity index (χ1n) is 6.05. The molecule has 0 saturated carbocycles. The Morgan fingerprint density at radius 1 is 0.684 bits per heavy atom. The Kier molecular flexibility index (Phi) is 3.76. The minimum Gasteiger partial charge on any atom is -0.356 e. The van der Waals surface area contributed by atoms with Crippen LogP contribution in [0.25, 0.3) is 0 Å². The Bertz CT molecular complexity index is 542. The van der Waals surface area contributed by atoms with Crippen molar-refractivity contribution in [1.29, 1.82) is 0 Å². The lowest BCUT2D eigenvalue weighted by molar-refractivity contribution is 0.100. The molecule has 0 unspecified atom stereocenters. The van der Waals surface area contributed by atoms with Crippen LogP contribution in [-0.4, -0.2) is 11.6 Å². The molecule has 0 bridgehead atoms. The van der Waals surface area contributed by atoms with Crippen LogP contribution >= 0.6 is 0 Å². The molecule has 2 aromatic rings. The average Bonchev–Trinajstić information content (AvgIpc) is 2.40. The minimum absolute atomic E-state index is 0.0531. The Morgan fingerprint density at radius 2 is 1.00 bits per heavy atom. The van der Waals surface area contributed by atoms with Crippen molar-refractivity contribution in [1.82, 2.24) is 0 Å². The predicted molar refractivity (Wildman–Crippen MR) is 76.2 cm³/mol. The average molecular weight is 253 g/mol. The summed E-state index contributed by atoms with van der Waals surface area (Å²) in [6.45, 7) is 3.09. The van der Waals surface area contributed by atoms with E-state index in [0.29, 0.717) is 11.1 Å². The maximum Gasteiger partial charge on any atom is 0.159 e. The molecule has 0 aliphatic carbocycles. The lowest BCUT2D eigenvalue weighted by Gasteiger charge is -2.07. The van der Waals surface area contributed by atoms with Gasteiger partial charge in [-0.25, -0.2) is 0 Å². The molecule has 0 radical (unpaired) electrons. The third kappa shape index (κ3) is 3.28. The maximum atomic E-state index is 11.2. The highest BCUT2D eigenvalue weighted by Gasteiger charge is 2.01. The van der Waals surface area contributed by atoms with Crippen molar-refractivity contribution in [3.63, 3.8) is 0 Å². The number of hydrogen-bond donors (Lipinski definition) is 1. The van der Waals surface area contributed by atoms with Gasteiger partial charge in [-0.15, -0.1) is 0 Å². The Labute approximate surface area is 112 Å². The Morgan fingerprint density at radius 3 is 1.26 bits per heavy atom. The molecule has 0 heterocycles. The van der Waals surface area contributed by atoms with Crippen molar-refractivity contribution < 1.29 is 9.59 Å². The van der Waals surface area contributed by atoms with Crippen molar-refractivity contribution >= 4 is 22.9 Å². The highest BCUT2D eigenvalue weighted by atomic mass is 16.1. The third-order valence-corrected chi connectivity index (χ3v) is 2.87. The molecule has 0 amide bonds. The van der Waals surface area contributed by atoms with E-state index in [2.05, 4.69) is 5.32 Å². The van der Waals surface area contributed by atoms with E-state index in [1.165, 1.54) is 0 Å². The van der Waals surface area contributed by atoms with Gasteiger partial charge in [0.2, 0.25) is 0 Å². The second kappa shape index (κ2) is 5.48. The van der Waals surface area contributed by atoms with Gasteiger partial charge in [0, 0.05) is 22.5 Å². The highest BCUT2D eigenvalue weighted by molar-refractivity contribution is 5.95. The second-order valence-electron chi connectivity index (χ2n) is 4.39. The van der Waals surface area contributed by atoms with Crippen LogP contribution in [0.2, 0.25) is 0 Å². The first-order chi connectivity index (χ1) is 9.06. The quantitative estimate of drug-likeness (QED) is 0.842. The van der Waals surface area contributed by atoms with Gasteiger partial charge in [-0.3, -0.25) is 9.59 Å². The molecular formula is C16H15NO2. The second-order valence-corrected chi connectivity index (χ2v) is 4.39. The summed E-state index contributed by atoms with van der Waals surface area (Å²) >= 11 is 0. The normalized spacial score (nSPS) is 10.0. The largest absolute Gasteiger partial charge is 0.356 e. The van der Waals surface area contributed by atoms with Gasteiger partial charge in [0.15, 0.2) is 11.6 Å². The molecule has 0 fully saturated rings. The summed E-state index contributed by atoms with van der Waals surface area (Å²) in [7, 11) is 0. The van der Waals surface area contributed by atoms with Crippen LogP contribution in [0.1, 0.15) is 34.6 Å². The SMILES string of the molecule is CC(=O)c1ccc(Nc2ccc(C(C)=O)cc2)cc1. The van der Waals surface area contributed by atoms with Crippen LogP contribution in [0.15, 0.2) is 48.5 Å². The number of nitrogens with one attached hydrogen (secondary N) is 1. The van der Waals surface area contributed by atoms with Crippen LogP contribution in [0.4, 0.5) is 11.4 Å². The van der Waals surface area contributed by atoms with Gasteiger partial charge in [0.05, 0.1) is 0 Å². The van der Waals surface area contributed by atoms with Gasteiger partial charge in [-0.2, -0.15) is 0 Å². The molecule has 96 valence electrons. The van der Waals surface area contributed by atoms with Crippen molar-refractivity contribution in [3.8, 4) is 0 Å². The number of anilines is 2. The molecule has 0 aliphatic heterocycles. The van der Waals surface area contributed by atoms with Gasteiger partial charge in [-0.05, 0) is 62.4 Å². The highest BCUT2D eigenvalue weighted by Crippen LogP contribution is 2.18. The zero-order valence-corrected chi connectivity index (χ0v) is 10.9. The number of rotatable bonds is 4. The first kappa shape index (κ1) is 13.0. The molecule has 3 heteroatoms. The number of Topliss-reactive ketones (excluding diaryl/α,β-unsaturated/α-hetero) is 2. The van der Waals surface area contributed by atoms with Gasteiger partial charge < -0.3 is 5.32 Å². The molecule has 2 aromatic carbocycles. The topological polar surface area (TPSA) is 46.2 Å². The summed E-state index contributed by atoms with van der Waals surface area (Å²) < 4.78 is 0. The lowest BCUT2D eigenvalue weighted by Crippen LogP contribution is -1.95. The summed E-state index contributed by atoms with van der Waals surface area (Å²) in [6.07, 6.45) is 0. The Balaban J connectivity index is 2.12. The molecule has 19 heavy (non-hydrogen) atoms. The van der Waals surface area contributed by atoms with Crippen molar-refractivity contribution in [2.24, 2.45) is 0 Å². The number of carbonyl (C=O) groups is 2. The first-order valence-corrected chi connectivity index (χ1v) is 6.05. The molecule has 0 spiro atoms. The van der Waals surface area contributed by atoms with E-state index >= 15 is 0 Å². The van der Waals surface area contributed by atoms with E-state index < -0.39 is 0 Å². The third-order valence-electron chi connectivity index (χ3n) is 2.87. The van der Waals surface area contributed by atoms with Gasteiger partial charge >= 0.3 is 0 Å². The number of carbonyl (C=O) groups excluding carboxylic acids is 2. The van der Waals surface area contributed by atoms with Crippen molar-refractivity contribution in [2.75, 3.05) is 5.32 Å². The summed E-state index contributed by atoms with van der Waals surface area (Å²) in [5.74, 6) is 0.106. The summed E-state index contributed by atoms with van der Waals surface area (Å²) in [5.41, 5.74) is 3.19. The van der Waals surface area contributed by atoms with Crippen molar-refractivity contribution in [3.05, 3.63) is 59.7 Å². The monoisotopic (exact) mass is 253 g/mol. The number of hydrogen-bond acceptors (Lipinski definition) is 3. The predicted octanol–water partition coefficient (Wildman–Crippen LogP) is 3.84. The van der Waals surface area contributed by atoms with Crippen molar-refractivity contribution in [2.45, 2.75) is 13.8 Å². The van der Waals surface area contributed by atoms with Crippen LogP contribution < -0.4 is 5.32 Å². The van der Waals surface area contributed by atoms with E-state index in [1.807, 2.05) is 24.3 Å². The lowest BCUT2D eigenvalue weighted by atomic mass is 10.1. The number of benzene rings is 2.